The molecule has 1 amide bonds. The van der Waals surface area contributed by atoms with Gasteiger partial charge in [-0.3, -0.25) is 9.78 Å². The fourth-order valence-corrected chi connectivity index (χ4v) is 3.07. The minimum absolute atomic E-state index is 0.0127. The van der Waals surface area contributed by atoms with E-state index in [9.17, 15) is 4.79 Å². The molecule has 0 radical (unpaired) electrons. The van der Waals surface area contributed by atoms with E-state index in [-0.39, 0.29) is 11.9 Å². The summed E-state index contributed by atoms with van der Waals surface area (Å²) >= 11 is 0. The number of imidazole rings is 1. The van der Waals surface area contributed by atoms with Gasteiger partial charge < -0.3 is 9.88 Å². The van der Waals surface area contributed by atoms with Gasteiger partial charge in [0.25, 0.3) is 0 Å². The maximum Gasteiger partial charge on any atom is 0.222 e. The predicted molar refractivity (Wildman–Crippen MR) is 86.5 cm³/mol. The molecular formula is C18H16N4O. The number of aromatic nitrogens is 3. The number of fused-ring (bicyclic) bond motifs is 3. The van der Waals surface area contributed by atoms with Crippen molar-refractivity contribution >= 4 is 5.91 Å². The second kappa shape index (κ2) is 5.68. The molecule has 5 nitrogen and oxygen atoms in total. The molecule has 3 aromatic rings. The molecule has 1 aromatic carbocycles. The predicted octanol–water partition coefficient (Wildman–Crippen LogP) is 2.55. The number of pyridine rings is 1. The van der Waals surface area contributed by atoms with Gasteiger partial charge in [-0.15, -0.1) is 0 Å². The van der Waals surface area contributed by atoms with E-state index in [4.69, 9.17) is 0 Å². The van der Waals surface area contributed by atoms with Crippen LogP contribution in [0.3, 0.4) is 0 Å². The van der Waals surface area contributed by atoms with Crippen molar-refractivity contribution in [2.24, 2.45) is 0 Å². The molecule has 1 aliphatic heterocycles. The highest BCUT2D eigenvalue weighted by atomic mass is 16.1. The smallest absolute Gasteiger partial charge is 0.222 e. The molecule has 0 fully saturated rings. The lowest BCUT2D eigenvalue weighted by Gasteiger charge is -2.14. The van der Waals surface area contributed by atoms with Crippen LogP contribution in [0.5, 0.6) is 0 Å². The number of carbonyl (C=O) groups excluding carboxylic acids is 1. The van der Waals surface area contributed by atoms with Crippen LogP contribution in [0.4, 0.5) is 0 Å². The Morgan fingerprint density at radius 1 is 1.13 bits per heavy atom. The number of carbonyl (C=O) groups is 1. The quantitative estimate of drug-likeness (QED) is 0.806. The van der Waals surface area contributed by atoms with E-state index in [0.717, 1.165) is 22.4 Å². The molecule has 114 valence electrons. The largest absolute Gasteiger partial charge is 0.352 e. The number of benzene rings is 1. The number of nitrogens with one attached hydrogen (secondary N) is 1. The summed E-state index contributed by atoms with van der Waals surface area (Å²) in [5, 5.41) is 2.99. The molecule has 1 atom stereocenters. The van der Waals surface area contributed by atoms with Crippen molar-refractivity contribution in [3.8, 4) is 11.3 Å². The molecule has 23 heavy (non-hydrogen) atoms. The van der Waals surface area contributed by atoms with Gasteiger partial charge in [0.05, 0.1) is 30.7 Å². The molecule has 0 spiro atoms. The van der Waals surface area contributed by atoms with Gasteiger partial charge in [0.15, 0.2) is 0 Å². The zero-order valence-corrected chi connectivity index (χ0v) is 12.5. The third kappa shape index (κ3) is 2.50. The van der Waals surface area contributed by atoms with Crippen LogP contribution in [-0.2, 0) is 11.3 Å². The highest BCUT2D eigenvalue weighted by molar-refractivity contribution is 5.79. The highest BCUT2D eigenvalue weighted by Crippen LogP contribution is 2.39. The zero-order chi connectivity index (χ0) is 15.6. The van der Waals surface area contributed by atoms with Crippen LogP contribution in [0.15, 0.2) is 61.3 Å². The molecule has 0 saturated carbocycles. The summed E-state index contributed by atoms with van der Waals surface area (Å²) in [6, 6.07) is 11.9. The Kier molecular flexibility index (Phi) is 3.38. The normalized spacial score (nSPS) is 15.0. The Balaban J connectivity index is 1.50. The van der Waals surface area contributed by atoms with Gasteiger partial charge in [-0.1, -0.05) is 30.3 Å². The standard InChI is InChI=1S/C18H16N4O/c23-18(21-9-13-4-2-1-3-5-13)8-16-14-6-7-19-10-15(14)17-11-20-12-22(16)17/h1-7,10-12,16H,8-9H2,(H,21,23). The molecule has 1 N–H and O–H groups in total. The monoisotopic (exact) mass is 304 g/mol. The van der Waals surface area contributed by atoms with Crippen molar-refractivity contribution in [3.63, 3.8) is 0 Å². The lowest BCUT2D eigenvalue weighted by atomic mass is 10.0. The summed E-state index contributed by atoms with van der Waals surface area (Å²) in [6.07, 6.45) is 7.61. The second-order valence-corrected chi connectivity index (χ2v) is 5.63. The van der Waals surface area contributed by atoms with E-state index in [1.54, 1.807) is 12.5 Å². The molecular weight excluding hydrogens is 288 g/mol. The van der Waals surface area contributed by atoms with E-state index in [1.165, 1.54) is 0 Å². The van der Waals surface area contributed by atoms with Crippen LogP contribution < -0.4 is 5.32 Å². The SMILES string of the molecule is O=C(CC1c2ccncc2-c2cncn21)NCc1ccccc1. The Morgan fingerprint density at radius 2 is 2.00 bits per heavy atom. The summed E-state index contributed by atoms with van der Waals surface area (Å²) in [5.74, 6) is 0.0307. The topological polar surface area (TPSA) is 59.8 Å². The minimum atomic E-state index is -0.0127. The maximum atomic E-state index is 12.4. The molecule has 0 aliphatic carbocycles. The van der Waals surface area contributed by atoms with Gasteiger partial charge in [-0.05, 0) is 17.2 Å². The molecule has 3 heterocycles. The summed E-state index contributed by atoms with van der Waals surface area (Å²) in [4.78, 5) is 20.7. The summed E-state index contributed by atoms with van der Waals surface area (Å²) in [7, 11) is 0. The Bertz CT molecular complexity index is 841. The Morgan fingerprint density at radius 3 is 2.87 bits per heavy atom. The zero-order valence-electron chi connectivity index (χ0n) is 12.5. The van der Waals surface area contributed by atoms with E-state index in [1.807, 2.05) is 48.8 Å². The number of hydrogen-bond acceptors (Lipinski definition) is 3. The molecule has 1 unspecified atom stereocenters. The van der Waals surface area contributed by atoms with Crippen molar-refractivity contribution in [3.05, 3.63) is 72.4 Å². The Labute approximate surface area is 134 Å². The van der Waals surface area contributed by atoms with E-state index >= 15 is 0 Å². The maximum absolute atomic E-state index is 12.4. The van der Waals surface area contributed by atoms with Crippen molar-refractivity contribution in [2.75, 3.05) is 0 Å². The van der Waals surface area contributed by atoms with Crippen LogP contribution in [-0.4, -0.2) is 20.4 Å². The number of hydrogen-bond donors (Lipinski definition) is 1. The van der Waals surface area contributed by atoms with Gasteiger partial charge in [-0.2, -0.15) is 0 Å². The van der Waals surface area contributed by atoms with E-state index in [0.29, 0.717) is 13.0 Å². The number of nitrogens with zero attached hydrogens (tertiary/aromatic N) is 3. The highest BCUT2D eigenvalue weighted by Gasteiger charge is 2.29. The van der Waals surface area contributed by atoms with Crippen molar-refractivity contribution in [2.45, 2.75) is 19.0 Å². The molecule has 1 aliphatic rings. The lowest BCUT2D eigenvalue weighted by Crippen LogP contribution is -2.25. The number of amides is 1. The first-order chi connectivity index (χ1) is 11.3. The third-order valence-electron chi connectivity index (χ3n) is 4.20. The van der Waals surface area contributed by atoms with Gasteiger partial charge in [0.1, 0.15) is 0 Å². The Hall–Kier alpha value is -2.95. The third-order valence-corrected chi connectivity index (χ3v) is 4.20. The number of rotatable bonds is 4. The van der Waals surface area contributed by atoms with E-state index in [2.05, 4.69) is 19.9 Å². The van der Waals surface area contributed by atoms with Crippen LogP contribution in [0.1, 0.15) is 23.6 Å². The lowest BCUT2D eigenvalue weighted by molar-refractivity contribution is -0.121. The van der Waals surface area contributed by atoms with Crippen LogP contribution in [0.25, 0.3) is 11.3 Å². The van der Waals surface area contributed by atoms with Gasteiger partial charge in [-0.25, -0.2) is 4.98 Å². The first-order valence-corrected chi connectivity index (χ1v) is 7.59. The average molecular weight is 304 g/mol. The molecule has 5 heteroatoms. The van der Waals surface area contributed by atoms with Crippen LogP contribution in [0, 0.1) is 0 Å². The molecule has 0 bridgehead atoms. The van der Waals surface area contributed by atoms with Crippen LogP contribution >= 0.6 is 0 Å². The van der Waals surface area contributed by atoms with E-state index < -0.39 is 0 Å². The fourth-order valence-electron chi connectivity index (χ4n) is 3.07. The summed E-state index contributed by atoms with van der Waals surface area (Å²) in [6.45, 7) is 0.548. The van der Waals surface area contributed by atoms with Crippen LogP contribution in [0.2, 0.25) is 0 Å². The van der Waals surface area contributed by atoms with Gasteiger partial charge >= 0.3 is 0 Å². The van der Waals surface area contributed by atoms with Crippen molar-refractivity contribution < 1.29 is 4.79 Å². The van der Waals surface area contributed by atoms with Gasteiger partial charge in [0.2, 0.25) is 5.91 Å². The summed E-state index contributed by atoms with van der Waals surface area (Å²) < 4.78 is 2.05. The molecule has 0 saturated heterocycles. The second-order valence-electron chi connectivity index (χ2n) is 5.63. The first kappa shape index (κ1) is 13.7. The fraction of sp³-hybridized carbons (Fsp3) is 0.167. The minimum Gasteiger partial charge on any atom is -0.352 e. The molecule has 2 aromatic heterocycles. The summed E-state index contributed by atoms with van der Waals surface area (Å²) in [5.41, 5.74) is 4.31. The van der Waals surface area contributed by atoms with Crippen molar-refractivity contribution in [1.29, 1.82) is 0 Å². The molecule has 4 rings (SSSR count). The van der Waals surface area contributed by atoms with Crippen molar-refractivity contribution in [1.82, 2.24) is 19.9 Å². The first-order valence-electron chi connectivity index (χ1n) is 7.59. The average Bonchev–Trinajstić information content (AvgIpc) is 3.17. The van der Waals surface area contributed by atoms with Gasteiger partial charge in [0, 0.05) is 24.5 Å².